The van der Waals surface area contributed by atoms with Crippen molar-refractivity contribution in [3.05, 3.63) is 26.4 Å². The van der Waals surface area contributed by atoms with Gasteiger partial charge in [-0.1, -0.05) is 6.92 Å². The molecule has 1 amide bonds. The highest BCUT2D eigenvalue weighted by atomic mass is 127. The molecule has 6 heteroatoms. The van der Waals surface area contributed by atoms with Crippen LogP contribution in [-0.2, 0) is 11.3 Å². The van der Waals surface area contributed by atoms with E-state index < -0.39 is 0 Å². The number of amides is 1. The number of hydrogen-bond acceptors (Lipinski definition) is 3. The molecule has 0 saturated heterocycles. The van der Waals surface area contributed by atoms with Crippen LogP contribution in [0.2, 0.25) is 0 Å². The van der Waals surface area contributed by atoms with E-state index in [-0.39, 0.29) is 24.1 Å². The third-order valence-electron chi connectivity index (χ3n) is 2.19. The van der Waals surface area contributed by atoms with E-state index in [9.17, 15) is 9.59 Å². The Labute approximate surface area is 107 Å². The van der Waals surface area contributed by atoms with Crippen molar-refractivity contribution < 1.29 is 4.79 Å². The fourth-order valence-electron chi connectivity index (χ4n) is 1.11. The highest BCUT2D eigenvalue weighted by Crippen LogP contribution is 1.93. The van der Waals surface area contributed by atoms with E-state index in [1.54, 1.807) is 0 Å². The molecule has 0 radical (unpaired) electrons. The Bertz CT molecular complexity index is 430. The lowest BCUT2D eigenvalue weighted by molar-refractivity contribution is -0.122. The Kier molecular flexibility index (Phi) is 4.91. The van der Waals surface area contributed by atoms with Crippen molar-refractivity contribution in [2.24, 2.45) is 0 Å². The zero-order valence-corrected chi connectivity index (χ0v) is 11.4. The lowest BCUT2D eigenvalue weighted by atomic mass is 10.2. The van der Waals surface area contributed by atoms with E-state index in [0.29, 0.717) is 3.57 Å². The molecule has 88 valence electrons. The van der Waals surface area contributed by atoms with Gasteiger partial charge in [0.25, 0.3) is 5.56 Å². The molecule has 0 bridgehead atoms. The fourth-order valence-corrected chi connectivity index (χ4v) is 1.58. The third-order valence-corrected chi connectivity index (χ3v) is 2.93. The molecular weight excluding hydrogens is 321 g/mol. The van der Waals surface area contributed by atoms with Crippen LogP contribution in [-0.4, -0.2) is 21.5 Å². The van der Waals surface area contributed by atoms with Gasteiger partial charge >= 0.3 is 0 Å². The Morgan fingerprint density at radius 3 is 3.00 bits per heavy atom. The van der Waals surface area contributed by atoms with Gasteiger partial charge in [-0.2, -0.15) is 0 Å². The normalized spacial score (nSPS) is 12.2. The number of nitrogens with zero attached hydrogens (tertiary/aromatic N) is 2. The fraction of sp³-hybridized carbons (Fsp3) is 0.500. The minimum atomic E-state index is -0.185. The van der Waals surface area contributed by atoms with Crippen LogP contribution < -0.4 is 10.9 Å². The largest absolute Gasteiger partial charge is 0.352 e. The van der Waals surface area contributed by atoms with Crippen molar-refractivity contribution >= 4 is 28.5 Å². The van der Waals surface area contributed by atoms with Gasteiger partial charge in [-0.05, 0) is 35.9 Å². The Balaban J connectivity index is 2.70. The van der Waals surface area contributed by atoms with Gasteiger partial charge in [-0.25, -0.2) is 4.98 Å². The SMILES string of the molecule is CCC(C)NC(=O)Cn1cncc(I)c1=O. The molecule has 0 spiro atoms. The number of carbonyl (C=O) groups is 1. The van der Waals surface area contributed by atoms with E-state index >= 15 is 0 Å². The lowest BCUT2D eigenvalue weighted by Crippen LogP contribution is -2.37. The van der Waals surface area contributed by atoms with Crippen molar-refractivity contribution in [3.63, 3.8) is 0 Å². The number of nitrogens with one attached hydrogen (secondary N) is 1. The summed E-state index contributed by atoms with van der Waals surface area (Å²) in [5.41, 5.74) is -0.185. The van der Waals surface area contributed by atoms with E-state index in [0.717, 1.165) is 6.42 Å². The molecule has 0 aliphatic rings. The molecule has 0 aromatic carbocycles. The quantitative estimate of drug-likeness (QED) is 0.827. The van der Waals surface area contributed by atoms with Gasteiger partial charge < -0.3 is 5.32 Å². The van der Waals surface area contributed by atoms with Crippen LogP contribution in [0, 0.1) is 3.57 Å². The average Bonchev–Trinajstić information content (AvgIpc) is 2.24. The number of halogens is 1. The molecule has 1 rings (SSSR count). The second-order valence-corrected chi connectivity index (χ2v) is 4.71. The average molecular weight is 335 g/mol. The molecule has 1 heterocycles. The van der Waals surface area contributed by atoms with E-state index in [1.165, 1.54) is 17.1 Å². The summed E-state index contributed by atoms with van der Waals surface area (Å²) in [6, 6.07) is 0.124. The summed E-state index contributed by atoms with van der Waals surface area (Å²) in [6.07, 6.45) is 3.72. The summed E-state index contributed by atoms with van der Waals surface area (Å²) in [5.74, 6) is -0.166. The first-order valence-electron chi connectivity index (χ1n) is 5.04. The van der Waals surface area contributed by atoms with Gasteiger partial charge in [0.1, 0.15) is 6.54 Å². The monoisotopic (exact) mass is 335 g/mol. The predicted molar refractivity (Wildman–Crippen MR) is 69.1 cm³/mol. The van der Waals surface area contributed by atoms with Crippen LogP contribution in [0.25, 0.3) is 0 Å². The molecule has 5 nitrogen and oxygen atoms in total. The lowest BCUT2D eigenvalue weighted by Gasteiger charge is -2.11. The molecule has 0 aliphatic heterocycles. The van der Waals surface area contributed by atoms with Crippen LogP contribution in [0.15, 0.2) is 17.3 Å². The molecule has 1 aromatic heterocycles. The number of carbonyl (C=O) groups excluding carboxylic acids is 1. The molecule has 1 unspecified atom stereocenters. The van der Waals surface area contributed by atoms with Crippen molar-refractivity contribution in [1.82, 2.24) is 14.9 Å². The highest BCUT2D eigenvalue weighted by molar-refractivity contribution is 14.1. The van der Waals surface area contributed by atoms with E-state index in [4.69, 9.17) is 0 Å². The van der Waals surface area contributed by atoms with Gasteiger partial charge in [0.2, 0.25) is 5.91 Å². The third kappa shape index (κ3) is 3.58. The minimum Gasteiger partial charge on any atom is -0.352 e. The van der Waals surface area contributed by atoms with Gasteiger partial charge in [-0.3, -0.25) is 14.2 Å². The van der Waals surface area contributed by atoms with Crippen LogP contribution in [0.5, 0.6) is 0 Å². The maximum atomic E-state index is 11.6. The Hall–Kier alpha value is -0.920. The molecule has 16 heavy (non-hydrogen) atoms. The molecule has 1 aromatic rings. The first-order valence-corrected chi connectivity index (χ1v) is 6.11. The summed E-state index contributed by atoms with van der Waals surface area (Å²) in [6.45, 7) is 3.94. The first kappa shape index (κ1) is 13.1. The number of rotatable bonds is 4. The zero-order valence-electron chi connectivity index (χ0n) is 9.24. The van der Waals surface area contributed by atoms with Crippen molar-refractivity contribution in [2.45, 2.75) is 32.9 Å². The van der Waals surface area contributed by atoms with Crippen molar-refractivity contribution in [1.29, 1.82) is 0 Å². The van der Waals surface area contributed by atoms with E-state index in [1.807, 2.05) is 36.4 Å². The standard InChI is InChI=1S/C10H14IN3O2/c1-3-7(2)13-9(15)5-14-6-12-4-8(11)10(14)16/h4,6-7H,3,5H2,1-2H3,(H,13,15). The van der Waals surface area contributed by atoms with Crippen molar-refractivity contribution in [3.8, 4) is 0 Å². The Morgan fingerprint density at radius 2 is 2.38 bits per heavy atom. The van der Waals surface area contributed by atoms with Gasteiger partial charge in [-0.15, -0.1) is 0 Å². The highest BCUT2D eigenvalue weighted by Gasteiger charge is 2.08. The van der Waals surface area contributed by atoms with Gasteiger partial charge in [0.15, 0.2) is 0 Å². The summed E-state index contributed by atoms with van der Waals surface area (Å²) >= 11 is 1.90. The predicted octanol–water partition coefficient (Wildman–Crippen LogP) is 0.763. The van der Waals surface area contributed by atoms with Crippen LogP contribution in [0.3, 0.4) is 0 Å². The van der Waals surface area contributed by atoms with Gasteiger partial charge in [0.05, 0.1) is 9.90 Å². The first-order chi connectivity index (χ1) is 7.54. The maximum Gasteiger partial charge on any atom is 0.267 e. The summed E-state index contributed by atoms with van der Waals surface area (Å²) < 4.78 is 1.82. The molecule has 1 atom stereocenters. The Morgan fingerprint density at radius 1 is 1.69 bits per heavy atom. The topological polar surface area (TPSA) is 64.0 Å². The number of hydrogen-bond donors (Lipinski definition) is 1. The van der Waals surface area contributed by atoms with Crippen molar-refractivity contribution in [2.75, 3.05) is 0 Å². The van der Waals surface area contributed by atoms with Crippen LogP contribution in [0.1, 0.15) is 20.3 Å². The van der Waals surface area contributed by atoms with Crippen LogP contribution in [0.4, 0.5) is 0 Å². The minimum absolute atomic E-state index is 0.0208. The zero-order chi connectivity index (χ0) is 12.1. The van der Waals surface area contributed by atoms with Crippen LogP contribution >= 0.6 is 22.6 Å². The molecular formula is C10H14IN3O2. The smallest absolute Gasteiger partial charge is 0.267 e. The van der Waals surface area contributed by atoms with E-state index in [2.05, 4.69) is 10.3 Å². The molecule has 1 N–H and O–H groups in total. The van der Waals surface area contributed by atoms with Gasteiger partial charge in [0, 0.05) is 12.2 Å². The summed E-state index contributed by atoms with van der Waals surface area (Å²) in [7, 11) is 0. The molecule has 0 fully saturated rings. The molecule has 0 aliphatic carbocycles. The second-order valence-electron chi connectivity index (χ2n) is 3.55. The molecule has 0 saturated carbocycles. The number of aromatic nitrogens is 2. The summed E-state index contributed by atoms with van der Waals surface area (Å²) in [5, 5.41) is 2.80. The second kappa shape index (κ2) is 5.97. The maximum absolute atomic E-state index is 11.6. The summed E-state index contributed by atoms with van der Waals surface area (Å²) in [4.78, 5) is 27.0.